The van der Waals surface area contributed by atoms with E-state index >= 15 is 0 Å². The molecule has 3 aromatic rings. The first-order chi connectivity index (χ1) is 13.5. The molecule has 0 saturated heterocycles. The first-order valence-corrected chi connectivity index (χ1v) is 9.82. The molecule has 3 aromatic carbocycles. The fourth-order valence-electron chi connectivity index (χ4n) is 2.26. The van der Waals surface area contributed by atoms with Gasteiger partial charge in [0.05, 0.1) is 16.3 Å². The molecule has 0 atom stereocenters. The minimum Gasteiger partial charge on any atom is -0.489 e. The Bertz CT molecular complexity index is 990. The van der Waals surface area contributed by atoms with E-state index in [1.54, 1.807) is 18.3 Å². The van der Waals surface area contributed by atoms with Gasteiger partial charge in [-0.25, -0.2) is 5.43 Å². The Morgan fingerprint density at radius 2 is 1.71 bits per heavy atom. The molecule has 0 aliphatic rings. The fourth-order valence-corrected chi connectivity index (χ4v) is 2.83. The Kier molecular flexibility index (Phi) is 7.09. The van der Waals surface area contributed by atoms with E-state index in [1.165, 1.54) is 6.07 Å². The van der Waals surface area contributed by atoms with E-state index in [-0.39, 0.29) is 5.91 Å². The number of benzene rings is 3. The van der Waals surface area contributed by atoms with Gasteiger partial charge in [0.2, 0.25) is 0 Å². The van der Waals surface area contributed by atoms with Gasteiger partial charge in [-0.1, -0.05) is 51.3 Å². The van der Waals surface area contributed by atoms with Crippen molar-refractivity contribution in [1.82, 2.24) is 5.43 Å². The molecule has 0 aliphatic heterocycles. The lowest BCUT2D eigenvalue weighted by atomic mass is 10.2. The van der Waals surface area contributed by atoms with Crippen molar-refractivity contribution in [3.05, 3.63) is 97.9 Å². The number of ether oxygens (including phenoxy) is 1. The molecule has 0 heterocycles. The van der Waals surface area contributed by atoms with Crippen molar-refractivity contribution in [2.45, 2.75) is 6.61 Å². The Morgan fingerprint density at radius 1 is 1.00 bits per heavy atom. The summed E-state index contributed by atoms with van der Waals surface area (Å²) in [4.78, 5) is 12.0. The van der Waals surface area contributed by atoms with Gasteiger partial charge in [-0.2, -0.15) is 5.10 Å². The van der Waals surface area contributed by atoms with Crippen LogP contribution in [0.25, 0.3) is 0 Å². The Morgan fingerprint density at radius 3 is 2.39 bits per heavy atom. The van der Waals surface area contributed by atoms with Gasteiger partial charge in [0.1, 0.15) is 12.4 Å². The molecule has 28 heavy (non-hydrogen) atoms. The molecule has 0 unspecified atom stereocenters. The Hall–Kier alpha value is -2.34. The van der Waals surface area contributed by atoms with Gasteiger partial charge < -0.3 is 4.74 Å². The molecule has 3 rings (SSSR count). The summed E-state index contributed by atoms with van der Waals surface area (Å²) >= 11 is 15.2. The van der Waals surface area contributed by atoms with Crippen LogP contribution in [-0.4, -0.2) is 12.1 Å². The third-order valence-electron chi connectivity index (χ3n) is 3.76. The number of hydrogen-bond acceptors (Lipinski definition) is 3. The molecule has 0 radical (unpaired) electrons. The number of halogens is 3. The molecular weight excluding hydrogens is 463 g/mol. The molecule has 0 fully saturated rings. The van der Waals surface area contributed by atoms with E-state index in [2.05, 4.69) is 26.5 Å². The highest BCUT2D eigenvalue weighted by atomic mass is 79.9. The molecule has 0 saturated carbocycles. The third kappa shape index (κ3) is 5.83. The van der Waals surface area contributed by atoms with Crippen LogP contribution in [0.1, 0.15) is 21.5 Å². The smallest absolute Gasteiger partial charge is 0.271 e. The largest absolute Gasteiger partial charge is 0.489 e. The minimum atomic E-state index is -0.371. The maximum absolute atomic E-state index is 12.0. The van der Waals surface area contributed by atoms with Crippen LogP contribution in [0.15, 0.2) is 76.3 Å². The summed E-state index contributed by atoms with van der Waals surface area (Å²) in [5.74, 6) is 0.379. The Labute approximate surface area is 181 Å². The number of carbonyl (C=O) groups excluding carboxylic acids is 1. The molecule has 4 nitrogen and oxygen atoms in total. The number of hydrogen-bond donors (Lipinski definition) is 1. The highest BCUT2D eigenvalue weighted by Gasteiger charge is 2.06. The van der Waals surface area contributed by atoms with Crippen LogP contribution in [0.3, 0.4) is 0 Å². The molecule has 0 bridgehead atoms. The highest BCUT2D eigenvalue weighted by molar-refractivity contribution is 9.10. The van der Waals surface area contributed by atoms with Crippen LogP contribution < -0.4 is 10.2 Å². The average molecular weight is 478 g/mol. The topological polar surface area (TPSA) is 50.7 Å². The van der Waals surface area contributed by atoms with Crippen LogP contribution in [-0.2, 0) is 6.61 Å². The lowest BCUT2D eigenvalue weighted by molar-refractivity contribution is 0.0955. The number of rotatable bonds is 6. The second-order valence-electron chi connectivity index (χ2n) is 5.81. The van der Waals surface area contributed by atoms with E-state index < -0.39 is 0 Å². The van der Waals surface area contributed by atoms with Crippen LogP contribution in [0.5, 0.6) is 5.75 Å². The quantitative estimate of drug-likeness (QED) is 0.344. The van der Waals surface area contributed by atoms with Gasteiger partial charge in [-0.15, -0.1) is 0 Å². The second kappa shape index (κ2) is 9.73. The first-order valence-electron chi connectivity index (χ1n) is 8.27. The number of hydrazone groups is 1. The number of nitrogens with one attached hydrogen (secondary N) is 1. The van der Waals surface area contributed by atoms with E-state index in [0.29, 0.717) is 22.2 Å². The lowest BCUT2D eigenvalue weighted by Crippen LogP contribution is -2.17. The standard InChI is InChI=1S/C21H15BrCl2N2O2/c22-17-6-1-15(2-7-17)13-28-18-8-3-14(4-9-18)12-25-26-21(27)16-5-10-19(23)20(24)11-16/h1-12H,13H2,(H,26,27)/b25-12-. The van der Waals surface area contributed by atoms with E-state index in [1.807, 2.05) is 48.5 Å². The SMILES string of the molecule is O=C(N/N=C\c1ccc(OCc2ccc(Br)cc2)cc1)c1ccc(Cl)c(Cl)c1. The fraction of sp³-hybridized carbons (Fsp3) is 0.0476. The summed E-state index contributed by atoms with van der Waals surface area (Å²) in [6.07, 6.45) is 1.55. The normalized spacial score (nSPS) is 10.8. The number of amides is 1. The molecule has 7 heteroatoms. The van der Waals surface area contributed by atoms with Crippen molar-refractivity contribution < 1.29 is 9.53 Å². The van der Waals surface area contributed by atoms with Crippen LogP contribution in [0.4, 0.5) is 0 Å². The summed E-state index contributed by atoms with van der Waals surface area (Å²) in [6, 6.07) is 20.0. The summed E-state index contributed by atoms with van der Waals surface area (Å²) in [6.45, 7) is 0.487. The zero-order valence-electron chi connectivity index (χ0n) is 14.5. The maximum atomic E-state index is 12.0. The van der Waals surface area contributed by atoms with Gasteiger partial charge in [-0.05, 0) is 65.7 Å². The van der Waals surface area contributed by atoms with Crippen LogP contribution in [0, 0.1) is 0 Å². The lowest BCUT2D eigenvalue weighted by Gasteiger charge is -2.06. The van der Waals surface area contributed by atoms with Gasteiger partial charge in [0.15, 0.2) is 0 Å². The molecule has 1 N–H and O–H groups in total. The van der Waals surface area contributed by atoms with Crippen molar-refractivity contribution in [3.8, 4) is 5.75 Å². The molecular formula is C21H15BrCl2N2O2. The predicted molar refractivity (Wildman–Crippen MR) is 116 cm³/mol. The van der Waals surface area contributed by atoms with Gasteiger partial charge in [0, 0.05) is 10.0 Å². The second-order valence-corrected chi connectivity index (χ2v) is 7.54. The van der Waals surface area contributed by atoms with E-state index in [9.17, 15) is 4.79 Å². The summed E-state index contributed by atoms with van der Waals surface area (Å²) < 4.78 is 6.79. The number of nitrogens with zero attached hydrogens (tertiary/aromatic N) is 1. The average Bonchev–Trinajstić information content (AvgIpc) is 2.70. The summed E-state index contributed by atoms with van der Waals surface area (Å²) in [5.41, 5.74) is 4.74. The van der Waals surface area contributed by atoms with Crippen molar-refractivity contribution in [2.75, 3.05) is 0 Å². The molecule has 1 amide bonds. The molecule has 0 aliphatic carbocycles. The monoisotopic (exact) mass is 476 g/mol. The van der Waals surface area contributed by atoms with Crippen LogP contribution >= 0.6 is 39.1 Å². The van der Waals surface area contributed by atoms with Gasteiger partial charge >= 0.3 is 0 Å². The zero-order valence-corrected chi connectivity index (χ0v) is 17.6. The number of carbonyl (C=O) groups is 1. The Balaban J connectivity index is 1.52. The van der Waals surface area contributed by atoms with Crippen molar-refractivity contribution >= 4 is 51.3 Å². The maximum Gasteiger partial charge on any atom is 0.271 e. The summed E-state index contributed by atoms with van der Waals surface area (Å²) in [7, 11) is 0. The highest BCUT2D eigenvalue weighted by Crippen LogP contribution is 2.22. The minimum absolute atomic E-state index is 0.317. The first kappa shape index (κ1) is 20.4. The van der Waals surface area contributed by atoms with Gasteiger partial charge in [0.25, 0.3) is 5.91 Å². The van der Waals surface area contributed by atoms with Crippen molar-refractivity contribution in [3.63, 3.8) is 0 Å². The third-order valence-corrected chi connectivity index (χ3v) is 5.03. The van der Waals surface area contributed by atoms with Crippen molar-refractivity contribution in [2.24, 2.45) is 5.10 Å². The molecule has 142 valence electrons. The summed E-state index contributed by atoms with van der Waals surface area (Å²) in [5, 5.41) is 4.67. The molecule has 0 spiro atoms. The molecule has 0 aromatic heterocycles. The zero-order chi connectivity index (χ0) is 19.9. The predicted octanol–water partition coefficient (Wildman–Crippen LogP) is 6.10. The van der Waals surface area contributed by atoms with E-state index in [4.69, 9.17) is 27.9 Å². The van der Waals surface area contributed by atoms with E-state index in [0.717, 1.165) is 21.3 Å². The van der Waals surface area contributed by atoms with Crippen molar-refractivity contribution in [1.29, 1.82) is 0 Å². The van der Waals surface area contributed by atoms with Crippen LogP contribution in [0.2, 0.25) is 10.0 Å². The van der Waals surface area contributed by atoms with Gasteiger partial charge in [-0.3, -0.25) is 4.79 Å².